The molecule has 2 aromatic rings. The van der Waals surface area contributed by atoms with Crippen molar-refractivity contribution in [2.24, 2.45) is 0 Å². The number of ketones is 1. The van der Waals surface area contributed by atoms with E-state index in [2.05, 4.69) is 0 Å². The Kier molecular flexibility index (Phi) is 3.42. The van der Waals surface area contributed by atoms with Gasteiger partial charge in [-0.15, -0.1) is 0 Å². The number of carbonyl (C=O) groups is 1. The van der Waals surface area contributed by atoms with Crippen molar-refractivity contribution in [2.45, 2.75) is 13.3 Å². The molecular formula is C15H14FNO. The number of aryl methyl sites for hydroxylation is 1. The lowest BCUT2D eigenvalue weighted by Crippen LogP contribution is -2.05. The van der Waals surface area contributed by atoms with Crippen molar-refractivity contribution in [1.29, 1.82) is 0 Å². The Morgan fingerprint density at radius 2 is 2.00 bits per heavy atom. The van der Waals surface area contributed by atoms with Crippen LogP contribution in [0.2, 0.25) is 0 Å². The molecule has 0 saturated carbocycles. The third-order valence-electron chi connectivity index (χ3n) is 2.68. The molecule has 18 heavy (non-hydrogen) atoms. The smallest absolute Gasteiger partial charge is 0.167 e. The normalized spacial score (nSPS) is 10.3. The standard InChI is InChI=1S/C15H14FNO/c1-10-5-12(9-13(16)6-10)15(18)8-11-3-2-4-14(17)7-11/h2-7,9H,8,17H2,1H3. The van der Waals surface area contributed by atoms with E-state index in [0.717, 1.165) is 11.1 Å². The van der Waals surface area contributed by atoms with Gasteiger partial charge in [0.2, 0.25) is 0 Å². The van der Waals surface area contributed by atoms with Gasteiger partial charge < -0.3 is 5.73 Å². The molecule has 0 bridgehead atoms. The first-order valence-corrected chi connectivity index (χ1v) is 5.69. The fraction of sp³-hybridized carbons (Fsp3) is 0.133. The Morgan fingerprint density at radius 3 is 2.67 bits per heavy atom. The number of nitrogen functional groups attached to an aromatic ring is 1. The second-order valence-electron chi connectivity index (χ2n) is 4.36. The summed E-state index contributed by atoms with van der Waals surface area (Å²) in [5.41, 5.74) is 8.25. The van der Waals surface area contributed by atoms with Gasteiger partial charge in [0.25, 0.3) is 0 Å². The molecule has 0 fully saturated rings. The van der Waals surface area contributed by atoms with E-state index in [1.165, 1.54) is 12.1 Å². The molecule has 0 aliphatic heterocycles. The van der Waals surface area contributed by atoms with E-state index in [9.17, 15) is 9.18 Å². The van der Waals surface area contributed by atoms with Crippen LogP contribution >= 0.6 is 0 Å². The molecule has 0 aliphatic carbocycles. The minimum Gasteiger partial charge on any atom is -0.399 e. The van der Waals surface area contributed by atoms with Gasteiger partial charge in [0, 0.05) is 17.7 Å². The fourth-order valence-corrected chi connectivity index (χ4v) is 1.89. The summed E-state index contributed by atoms with van der Waals surface area (Å²) in [4.78, 5) is 12.0. The Labute approximate surface area is 105 Å². The van der Waals surface area contributed by atoms with Crippen LogP contribution in [-0.4, -0.2) is 5.78 Å². The summed E-state index contributed by atoms with van der Waals surface area (Å²) in [6, 6.07) is 11.5. The maximum Gasteiger partial charge on any atom is 0.167 e. The summed E-state index contributed by atoms with van der Waals surface area (Å²) in [6.45, 7) is 1.76. The van der Waals surface area contributed by atoms with Crippen LogP contribution in [0, 0.1) is 12.7 Å². The first-order valence-electron chi connectivity index (χ1n) is 5.69. The number of rotatable bonds is 3. The number of hydrogen-bond donors (Lipinski definition) is 1. The maximum absolute atomic E-state index is 13.2. The summed E-state index contributed by atoms with van der Waals surface area (Å²) in [5.74, 6) is -0.492. The summed E-state index contributed by atoms with van der Waals surface area (Å²) >= 11 is 0. The highest BCUT2D eigenvalue weighted by Crippen LogP contribution is 2.13. The average molecular weight is 243 g/mol. The number of hydrogen-bond acceptors (Lipinski definition) is 2. The van der Waals surface area contributed by atoms with Crippen molar-refractivity contribution >= 4 is 11.5 Å². The van der Waals surface area contributed by atoms with E-state index in [0.29, 0.717) is 11.3 Å². The first kappa shape index (κ1) is 12.3. The third-order valence-corrected chi connectivity index (χ3v) is 2.68. The van der Waals surface area contributed by atoms with E-state index >= 15 is 0 Å². The molecule has 92 valence electrons. The van der Waals surface area contributed by atoms with Gasteiger partial charge in [-0.2, -0.15) is 0 Å². The van der Waals surface area contributed by atoms with Crippen molar-refractivity contribution in [2.75, 3.05) is 5.73 Å². The molecule has 0 amide bonds. The van der Waals surface area contributed by atoms with Gasteiger partial charge >= 0.3 is 0 Å². The molecule has 0 saturated heterocycles. The van der Waals surface area contributed by atoms with Crippen molar-refractivity contribution in [1.82, 2.24) is 0 Å². The highest BCUT2D eigenvalue weighted by atomic mass is 19.1. The van der Waals surface area contributed by atoms with E-state index in [1.807, 2.05) is 6.07 Å². The van der Waals surface area contributed by atoms with Crippen LogP contribution in [0.15, 0.2) is 42.5 Å². The number of nitrogens with two attached hydrogens (primary N) is 1. The van der Waals surface area contributed by atoms with Gasteiger partial charge in [0.05, 0.1) is 0 Å². The van der Waals surface area contributed by atoms with Crippen molar-refractivity contribution in [3.63, 3.8) is 0 Å². The molecule has 0 heterocycles. The van der Waals surface area contributed by atoms with Crippen molar-refractivity contribution < 1.29 is 9.18 Å². The SMILES string of the molecule is Cc1cc(F)cc(C(=O)Cc2cccc(N)c2)c1. The third kappa shape index (κ3) is 2.94. The van der Waals surface area contributed by atoms with Gasteiger partial charge in [-0.05, 0) is 48.4 Å². The van der Waals surface area contributed by atoms with Gasteiger partial charge in [0.15, 0.2) is 5.78 Å². The van der Waals surface area contributed by atoms with Gasteiger partial charge in [-0.1, -0.05) is 12.1 Å². The van der Waals surface area contributed by atoms with Gasteiger partial charge in [0.1, 0.15) is 5.82 Å². The minimum absolute atomic E-state index is 0.108. The summed E-state index contributed by atoms with van der Waals surface area (Å²) in [7, 11) is 0. The molecular weight excluding hydrogens is 229 g/mol. The highest BCUT2D eigenvalue weighted by molar-refractivity contribution is 5.97. The molecule has 2 rings (SSSR count). The van der Waals surface area contributed by atoms with E-state index in [1.54, 1.807) is 31.2 Å². The fourth-order valence-electron chi connectivity index (χ4n) is 1.89. The molecule has 0 spiro atoms. The molecule has 2 aromatic carbocycles. The summed E-state index contributed by atoms with van der Waals surface area (Å²) < 4.78 is 13.2. The summed E-state index contributed by atoms with van der Waals surface area (Å²) in [5, 5.41) is 0. The quantitative estimate of drug-likeness (QED) is 0.664. The van der Waals surface area contributed by atoms with Crippen molar-refractivity contribution in [3.8, 4) is 0 Å². The largest absolute Gasteiger partial charge is 0.399 e. The van der Waals surface area contributed by atoms with Gasteiger partial charge in [-0.3, -0.25) is 4.79 Å². The Balaban J connectivity index is 2.22. The lowest BCUT2D eigenvalue weighted by molar-refractivity contribution is 0.0992. The number of Topliss-reactive ketones (excluding diaryl/α,β-unsaturated/α-hetero) is 1. The van der Waals surface area contributed by atoms with Crippen LogP contribution in [0.3, 0.4) is 0 Å². The van der Waals surface area contributed by atoms with Gasteiger partial charge in [-0.25, -0.2) is 4.39 Å². The van der Waals surface area contributed by atoms with Crippen LogP contribution in [-0.2, 0) is 6.42 Å². The predicted octanol–water partition coefficient (Wildman–Crippen LogP) is 3.14. The average Bonchev–Trinajstić information content (AvgIpc) is 2.27. The zero-order valence-electron chi connectivity index (χ0n) is 10.1. The lowest BCUT2D eigenvalue weighted by Gasteiger charge is -2.04. The molecule has 0 unspecified atom stereocenters. The van der Waals surface area contributed by atoms with Crippen molar-refractivity contribution in [3.05, 3.63) is 65.0 Å². The minimum atomic E-state index is -0.383. The Morgan fingerprint density at radius 1 is 1.22 bits per heavy atom. The molecule has 3 heteroatoms. The second kappa shape index (κ2) is 5.00. The Hall–Kier alpha value is -2.16. The maximum atomic E-state index is 13.2. The number of benzene rings is 2. The first-order chi connectivity index (χ1) is 8.54. The van der Waals surface area contributed by atoms with Crippen LogP contribution in [0.25, 0.3) is 0 Å². The van der Waals surface area contributed by atoms with Crippen LogP contribution in [0.5, 0.6) is 0 Å². The van der Waals surface area contributed by atoms with Crippen LogP contribution in [0.4, 0.5) is 10.1 Å². The molecule has 0 radical (unpaired) electrons. The van der Waals surface area contributed by atoms with Crippen LogP contribution < -0.4 is 5.73 Å². The monoisotopic (exact) mass is 243 g/mol. The predicted molar refractivity (Wildman–Crippen MR) is 70.0 cm³/mol. The number of halogens is 1. The van der Waals surface area contributed by atoms with E-state index < -0.39 is 0 Å². The van der Waals surface area contributed by atoms with E-state index in [4.69, 9.17) is 5.73 Å². The topological polar surface area (TPSA) is 43.1 Å². The molecule has 0 atom stereocenters. The zero-order valence-corrected chi connectivity index (χ0v) is 10.1. The zero-order chi connectivity index (χ0) is 13.1. The summed E-state index contributed by atoms with van der Waals surface area (Å²) in [6.07, 6.45) is 0.230. The molecule has 0 aromatic heterocycles. The number of anilines is 1. The Bertz CT molecular complexity index is 573. The molecule has 2 N–H and O–H groups in total. The number of carbonyl (C=O) groups excluding carboxylic acids is 1. The second-order valence-corrected chi connectivity index (χ2v) is 4.36. The highest BCUT2D eigenvalue weighted by Gasteiger charge is 2.09. The molecule has 0 aliphatic rings. The lowest BCUT2D eigenvalue weighted by atomic mass is 10.0. The van der Waals surface area contributed by atoms with E-state index in [-0.39, 0.29) is 18.0 Å². The molecule has 2 nitrogen and oxygen atoms in total. The van der Waals surface area contributed by atoms with Crippen LogP contribution in [0.1, 0.15) is 21.5 Å².